The molecule has 2 rings (SSSR count). The molecule has 0 aromatic carbocycles. The van der Waals surface area contributed by atoms with Crippen molar-refractivity contribution in [2.45, 2.75) is 31.2 Å². The highest BCUT2D eigenvalue weighted by Gasteiger charge is 2.31. The topological polar surface area (TPSA) is 25.1 Å². The largest absolute Gasteiger partial charge is 0.373 e. The Morgan fingerprint density at radius 3 is 1.90 bits per heavy atom. The third-order valence-corrected chi connectivity index (χ3v) is 1.84. The van der Waals surface area contributed by atoms with Gasteiger partial charge in [0.25, 0.3) is 0 Å². The third kappa shape index (κ3) is 1.92. The Kier molecular flexibility index (Phi) is 1.62. The van der Waals surface area contributed by atoms with Crippen molar-refractivity contribution in [3.63, 3.8) is 0 Å². The fourth-order valence-electron chi connectivity index (χ4n) is 1.07. The third-order valence-electron chi connectivity index (χ3n) is 1.84. The van der Waals surface area contributed by atoms with Gasteiger partial charge in [-0.2, -0.15) is 0 Å². The average Bonchev–Trinajstić information content (AvgIpc) is 2.59. The van der Waals surface area contributed by atoms with Crippen molar-refractivity contribution in [1.29, 1.82) is 0 Å². The molecule has 3 heteroatoms. The van der Waals surface area contributed by atoms with Crippen LogP contribution in [0.4, 0.5) is 4.39 Å². The second kappa shape index (κ2) is 2.47. The molecule has 2 unspecified atom stereocenters. The van der Waals surface area contributed by atoms with Crippen molar-refractivity contribution in [2.24, 2.45) is 0 Å². The fourth-order valence-corrected chi connectivity index (χ4v) is 1.07. The molecule has 0 N–H and O–H groups in total. The van der Waals surface area contributed by atoms with Gasteiger partial charge < -0.3 is 9.47 Å². The predicted molar refractivity (Wildman–Crippen MR) is 33.6 cm³/mol. The van der Waals surface area contributed by atoms with Gasteiger partial charge in [-0.25, -0.2) is 4.39 Å². The molecule has 2 saturated heterocycles. The van der Waals surface area contributed by atoms with E-state index in [9.17, 15) is 4.39 Å². The fraction of sp³-hybridized carbons (Fsp3) is 1.00. The number of rotatable bonds is 4. The molecule has 0 aromatic rings. The molecule has 2 aliphatic heterocycles. The van der Waals surface area contributed by atoms with Crippen LogP contribution in [-0.2, 0) is 9.47 Å². The minimum Gasteiger partial charge on any atom is -0.373 e. The van der Waals surface area contributed by atoms with Gasteiger partial charge in [0.1, 0.15) is 6.17 Å². The maximum atomic E-state index is 12.8. The lowest BCUT2D eigenvalue weighted by Gasteiger charge is -2.01. The van der Waals surface area contributed by atoms with Crippen molar-refractivity contribution in [2.75, 3.05) is 13.2 Å². The first-order valence-corrected chi connectivity index (χ1v) is 3.72. The monoisotopic (exact) mass is 146 g/mol. The lowest BCUT2D eigenvalue weighted by Crippen LogP contribution is -2.07. The summed E-state index contributed by atoms with van der Waals surface area (Å²) in [4.78, 5) is 0. The molecule has 0 bridgehead atoms. The molecule has 0 spiro atoms. The van der Waals surface area contributed by atoms with Gasteiger partial charge in [0.05, 0.1) is 25.4 Å². The normalized spacial score (nSPS) is 39.3. The van der Waals surface area contributed by atoms with Crippen molar-refractivity contribution in [1.82, 2.24) is 0 Å². The Balaban J connectivity index is 1.60. The van der Waals surface area contributed by atoms with Gasteiger partial charge in [-0.1, -0.05) is 0 Å². The van der Waals surface area contributed by atoms with Gasteiger partial charge in [0.15, 0.2) is 0 Å². The van der Waals surface area contributed by atoms with Crippen LogP contribution >= 0.6 is 0 Å². The van der Waals surface area contributed by atoms with Gasteiger partial charge >= 0.3 is 0 Å². The minimum absolute atomic E-state index is 0.216. The molecule has 2 fully saturated rings. The van der Waals surface area contributed by atoms with E-state index in [-0.39, 0.29) is 12.2 Å². The molecule has 2 aliphatic rings. The summed E-state index contributed by atoms with van der Waals surface area (Å²) in [6, 6.07) is 0. The van der Waals surface area contributed by atoms with E-state index in [0.29, 0.717) is 12.8 Å². The Labute approximate surface area is 59.3 Å². The Bertz CT molecular complexity index is 107. The highest BCUT2D eigenvalue weighted by Crippen LogP contribution is 2.24. The molecule has 10 heavy (non-hydrogen) atoms. The van der Waals surface area contributed by atoms with Crippen LogP contribution in [0.5, 0.6) is 0 Å². The minimum atomic E-state index is -0.708. The molecule has 0 aromatic heterocycles. The first-order valence-electron chi connectivity index (χ1n) is 3.72. The molecular formula is C7H11FO2. The van der Waals surface area contributed by atoms with E-state index in [2.05, 4.69) is 0 Å². The summed E-state index contributed by atoms with van der Waals surface area (Å²) < 4.78 is 22.6. The zero-order valence-electron chi connectivity index (χ0n) is 5.75. The highest BCUT2D eigenvalue weighted by atomic mass is 19.1. The molecule has 0 aliphatic carbocycles. The van der Waals surface area contributed by atoms with E-state index < -0.39 is 6.17 Å². The second-order valence-electron chi connectivity index (χ2n) is 2.98. The first-order chi connectivity index (χ1) is 4.84. The van der Waals surface area contributed by atoms with Crippen molar-refractivity contribution >= 4 is 0 Å². The number of hydrogen-bond acceptors (Lipinski definition) is 2. The van der Waals surface area contributed by atoms with Crippen LogP contribution in [0, 0.1) is 0 Å². The Morgan fingerprint density at radius 1 is 1.20 bits per heavy atom. The molecule has 58 valence electrons. The van der Waals surface area contributed by atoms with Crippen molar-refractivity contribution in [3.05, 3.63) is 0 Å². The highest BCUT2D eigenvalue weighted by molar-refractivity contribution is 4.79. The Hall–Kier alpha value is -0.150. The molecular weight excluding hydrogens is 135 g/mol. The molecule has 0 amide bonds. The summed E-state index contributed by atoms with van der Waals surface area (Å²) in [5.74, 6) is 0. The van der Waals surface area contributed by atoms with E-state index in [4.69, 9.17) is 9.47 Å². The van der Waals surface area contributed by atoms with E-state index in [1.54, 1.807) is 0 Å². The van der Waals surface area contributed by atoms with Crippen molar-refractivity contribution in [3.8, 4) is 0 Å². The van der Waals surface area contributed by atoms with Gasteiger partial charge in [0, 0.05) is 12.8 Å². The molecule has 0 saturated carbocycles. The SMILES string of the molecule is FC(CC1CO1)CC1CO1. The van der Waals surface area contributed by atoms with Gasteiger partial charge in [0.2, 0.25) is 0 Å². The van der Waals surface area contributed by atoms with Crippen molar-refractivity contribution < 1.29 is 13.9 Å². The quantitative estimate of drug-likeness (QED) is 0.550. The smallest absolute Gasteiger partial charge is 0.105 e. The van der Waals surface area contributed by atoms with E-state index in [1.807, 2.05) is 0 Å². The lowest BCUT2D eigenvalue weighted by atomic mass is 10.1. The van der Waals surface area contributed by atoms with Crippen LogP contribution in [0.3, 0.4) is 0 Å². The van der Waals surface area contributed by atoms with Gasteiger partial charge in [-0.3, -0.25) is 0 Å². The zero-order valence-corrected chi connectivity index (χ0v) is 5.75. The zero-order chi connectivity index (χ0) is 6.97. The maximum Gasteiger partial charge on any atom is 0.105 e. The second-order valence-corrected chi connectivity index (χ2v) is 2.98. The number of ether oxygens (including phenoxy) is 2. The summed E-state index contributed by atoms with van der Waals surface area (Å²) in [6.45, 7) is 1.51. The van der Waals surface area contributed by atoms with Gasteiger partial charge in [-0.05, 0) is 0 Å². The average molecular weight is 146 g/mol. The molecule has 0 radical (unpaired) electrons. The summed E-state index contributed by atoms with van der Waals surface area (Å²) in [6.07, 6.45) is 0.863. The summed E-state index contributed by atoms with van der Waals surface area (Å²) in [7, 11) is 0. The van der Waals surface area contributed by atoms with Crippen LogP contribution in [0.2, 0.25) is 0 Å². The lowest BCUT2D eigenvalue weighted by molar-refractivity contribution is 0.239. The number of alkyl halides is 1. The number of hydrogen-bond donors (Lipinski definition) is 0. The predicted octanol–water partition coefficient (Wildman–Crippen LogP) is 0.902. The van der Waals surface area contributed by atoms with Crippen LogP contribution < -0.4 is 0 Å². The van der Waals surface area contributed by atoms with Crippen LogP contribution in [0.1, 0.15) is 12.8 Å². The standard InChI is InChI=1S/C7H11FO2/c8-5(1-6-3-9-6)2-7-4-10-7/h5-7H,1-4H2. The molecule has 2 atom stereocenters. The van der Waals surface area contributed by atoms with Gasteiger partial charge in [-0.15, -0.1) is 0 Å². The van der Waals surface area contributed by atoms with E-state index in [0.717, 1.165) is 13.2 Å². The first kappa shape index (κ1) is 6.55. The number of epoxide rings is 2. The van der Waals surface area contributed by atoms with E-state index in [1.165, 1.54) is 0 Å². The Morgan fingerprint density at radius 2 is 1.60 bits per heavy atom. The summed E-state index contributed by atoms with van der Waals surface area (Å²) >= 11 is 0. The molecule has 2 heterocycles. The van der Waals surface area contributed by atoms with Crippen LogP contribution in [-0.4, -0.2) is 31.6 Å². The van der Waals surface area contributed by atoms with E-state index >= 15 is 0 Å². The summed E-state index contributed by atoms with van der Waals surface area (Å²) in [5, 5.41) is 0. The maximum absolute atomic E-state index is 12.8. The van der Waals surface area contributed by atoms with Crippen LogP contribution in [0.25, 0.3) is 0 Å². The summed E-state index contributed by atoms with van der Waals surface area (Å²) in [5.41, 5.74) is 0. The van der Waals surface area contributed by atoms with Crippen LogP contribution in [0.15, 0.2) is 0 Å². The number of halogens is 1. The molecule has 2 nitrogen and oxygen atoms in total.